The molecule has 1 aliphatic heterocycles. The van der Waals surface area contributed by atoms with Gasteiger partial charge in [0.25, 0.3) is 5.91 Å². The fourth-order valence-corrected chi connectivity index (χ4v) is 2.61. The molecule has 22 heavy (non-hydrogen) atoms. The van der Waals surface area contributed by atoms with Crippen molar-refractivity contribution in [3.63, 3.8) is 0 Å². The van der Waals surface area contributed by atoms with E-state index in [0.29, 0.717) is 15.8 Å². The third kappa shape index (κ3) is 2.89. The number of nitrogens with one attached hydrogen (secondary N) is 1. The van der Waals surface area contributed by atoms with Gasteiger partial charge in [0.15, 0.2) is 5.11 Å². The summed E-state index contributed by atoms with van der Waals surface area (Å²) in [5.74, 6) is -0.163. The number of benzene rings is 2. The summed E-state index contributed by atoms with van der Waals surface area (Å²) >= 11 is 11.1. The summed E-state index contributed by atoms with van der Waals surface area (Å²) in [5, 5.41) is 4.01. The van der Waals surface area contributed by atoms with E-state index in [2.05, 4.69) is 5.32 Å². The number of anilines is 1. The number of hydrogen-bond donors (Lipinski definition) is 1. The lowest BCUT2D eigenvalue weighted by Crippen LogP contribution is -2.30. The number of amides is 1. The first-order chi connectivity index (χ1) is 10.5. The Labute approximate surface area is 139 Å². The molecule has 2 aromatic carbocycles. The summed E-state index contributed by atoms with van der Waals surface area (Å²) in [5.41, 5.74) is 3.22. The molecule has 3 rings (SSSR count). The van der Waals surface area contributed by atoms with E-state index in [0.717, 1.165) is 16.8 Å². The lowest BCUT2D eigenvalue weighted by molar-refractivity contribution is -0.113. The minimum Gasteiger partial charge on any atom is -0.327 e. The highest BCUT2D eigenvalue weighted by Gasteiger charge is 2.31. The van der Waals surface area contributed by atoms with Crippen molar-refractivity contribution in [3.05, 3.63) is 70.4 Å². The summed E-state index contributed by atoms with van der Waals surface area (Å²) in [7, 11) is 0. The van der Waals surface area contributed by atoms with E-state index in [4.69, 9.17) is 23.8 Å². The predicted molar refractivity (Wildman–Crippen MR) is 93.8 cm³/mol. The Bertz CT molecular complexity index is 766. The second kappa shape index (κ2) is 5.91. The Hall–Kier alpha value is -2.17. The van der Waals surface area contributed by atoms with Gasteiger partial charge in [0, 0.05) is 5.02 Å². The van der Waals surface area contributed by atoms with Gasteiger partial charge in [-0.3, -0.25) is 9.69 Å². The number of rotatable bonds is 2. The molecule has 1 saturated heterocycles. The molecule has 0 saturated carbocycles. The number of aryl methyl sites for hydroxylation is 1. The maximum Gasteiger partial charge on any atom is 0.281 e. The van der Waals surface area contributed by atoms with E-state index in [1.807, 2.05) is 43.3 Å². The largest absolute Gasteiger partial charge is 0.327 e. The quantitative estimate of drug-likeness (QED) is 0.670. The van der Waals surface area contributed by atoms with Crippen LogP contribution in [0.5, 0.6) is 0 Å². The minimum absolute atomic E-state index is 0.163. The first kappa shape index (κ1) is 14.8. The second-order valence-electron chi connectivity index (χ2n) is 5.02. The number of carbonyl (C=O) groups excluding carboxylic acids is 1. The van der Waals surface area contributed by atoms with Crippen LogP contribution in [0.4, 0.5) is 5.69 Å². The van der Waals surface area contributed by atoms with Crippen LogP contribution in [-0.4, -0.2) is 11.0 Å². The first-order valence-corrected chi connectivity index (χ1v) is 7.52. The predicted octanol–water partition coefficient (Wildman–Crippen LogP) is 3.91. The molecule has 0 bridgehead atoms. The van der Waals surface area contributed by atoms with Gasteiger partial charge >= 0.3 is 0 Å². The molecule has 0 radical (unpaired) electrons. The fourth-order valence-electron chi connectivity index (χ4n) is 2.19. The molecule has 1 fully saturated rings. The van der Waals surface area contributed by atoms with E-state index in [1.54, 1.807) is 18.2 Å². The van der Waals surface area contributed by atoms with Gasteiger partial charge in [0.05, 0.1) is 5.69 Å². The van der Waals surface area contributed by atoms with Crippen LogP contribution in [0, 0.1) is 6.92 Å². The molecule has 0 spiro atoms. The van der Waals surface area contributed by atoms with Crippen LogP contribution in [0.1, 0.15) is 11.1 Å². The van der Waals surface area contributed by atoms with Crippen LogP contribution in [0.15, 0.2) is 54.2 Å². The third-order valence-electron chi connectivity index (χ3n) is 3.35. The van der Waals surface area contributed by atoms with Gasteiger partial charge in [-0.15, -0.1) is 0 Å². The molecule has 1 amide bonds. The number of carbonyl (C=O) groups is 1. The van der Waals surface area contributed by atoms with Crippen LogP contribution >= 0.6 is 23.8 Å². The Kier molecular flexibility index (Phi) is 3.96. The van der Waals surface area contributed by atoms with Crippen LogP contribution in [0.2, 0.25) is 5.02 Å². The van der Waals surface area contributed by atoms with Crippen molar-refractivity contribution in [3.8, 4) is 0 Å². The molecule has 5 heteroatoms. The zero-order chi connectivity index (χ0) is 15.7. The lowest BCUT2D eigenvalue weighted by Gasteiger charge is -2.13. The normalized spacial score (nSPS) is 16.3. The molecule has 0 aliphatic carbocycles. The molecule has 0 atom stereocenters. The van der Waals surface area contributed by atoms with Gasteiger partial charge in [0.2, 0.25) is 0 Å². The van der Waals surface area contributed by atoms with Gasteiger partial charge in [-0.1, -0.05) is 41.4 Å². The summed E-state index contributed by atoms with van der Waals surface area (Å²) in [6.45, 7) is 2.00. The molecule has 0 unspecified atom stereocenters. The van der Waals surface area contributed by atoms with E-state index in [-0.39, 0.29) is 5.91 Å². The minimum atomic E-state index is -0.163. The average molecular weight is 329 g/mol. The Morgan fingerprint density at radius 2 is 1.73 bits per heavy atom. The molecule has 2 aromatic rings. The molecule has 0 aromatic heterocycles. The van der Waals surface area contributed by atoms with Crippen molar-refractivity contribution in [2.45, 2.75) is 6.92 Å². The van der Waals surface area contributed by atoms with E-state index >= 15 is 0 Å². The molecule has 110 valence electrons. The van der Waals surface area contributed by atoms with Gasteiger partial charge in [-0.25, -0.2) is 0 Å². The van der Waals surface area contributed by atoms with E-state index < -0.39 is 0 Å². The highest BCUT2D eigenvalue weighted by molar-refractivity contribution is 7.80. The fraction of sp³-hybridized carbons (Fsp3) is 0.0588. The molecular formula is C17H13ClN2OS. The monoisotopic (exact) mass is 328 g/mol. The third-order valence-corrected chi connectivity index (χ3v) is 3.89. The van der Waals surface area contributed by atoms with Gasteiger partial charge < -0.3 is 5.32 Å². The zero-order valence-electron chi connectivity index (χ0n) is 11.8. The highest BCUT2D eigenvalue weighted by Crippen LogP contribution is 2.23. The van der Waals surface area contributed by atoms with Gasteiger partial charge in [-0.2, -0.15) is 0 Å². The van der Waals surface area contributed by atoms with Crippen molar-refractivity contribution in [1.29, 1.82) is 0 Å². The number of thiocarbonyl (C=S) groups is 1. The molecule has 1 heterocycles. The van der Waals surface area contributed by atoms with Gasteiger partial charge in [0.1, 0.15) is 5.70 Å². The second-order valence-corrected chi connectivity index (χ2v) is 5.84. The van der Waals surface area contributed by atoms with Crippen LogP contribution in [-0.2, 0) is 4.79 Å². The number of nitrogens with zero attached hydrogens (tertiary/aromatic N) is 1. The molecule has 3 nitrogen and oxygen atoms in total. The topological polar surface area (TPSA) is 32.3 Å². The van der Waals surface area contributed by atoms with Crippen molar-refractivity contribution >= 4 is 46.6 Å². The van der Waals surface area contributed by atoms with Crippen molar-refractivity contribution in [1.82, 2.24) is 5.32 Å². The summed E-state index contributed by atoms with van der Waals surface area (Å²) < 4.78 is 0. The molecular weight excluding hydrogens is 316 g/mol. The Balaban J connectivity index is 1.91. The van der Waals surface area contributed by atoms with E-state index in [9.17, 15) is 4.79 Å². The summed E-state index contributed by atoms with van der Waals surface area (Å²) in [6, 6.07) is 14.9. The van der Waals surface area contributed by atoms with Crippen LogP contribution < -0.4 is 10.2 Å². The lowest BCUT2D eigenvalue weighted by atomic mass is 10.2. The SMILES string of the molecule is Cc1ccc(N2C(=O)/C(=C\c3ccc(Cl)cc3)NC2=S)cc1. The van der Waals surface area contributed by atoms with Crippen LogP contribution in [0.3, 0.4) is 0 Å². The average Bonchev–Trinajstić information content (AvgIpc) is 2.77. The number of hydrogen-bond acceptors (Lipinski definition) is 2. The Morgan fingerprint density at radius 3 is 2.36 bits per heavy atom. The maximum atomic E-state index is 12.6. The molecule has 1 N–H and O–H groups in total. The standard InChI is InChI=1S/C17H13ClN2OS/c1-11-2-8-14(9-3-11)20-16(21)15(19-17(20)22)10-12-4-6-13(18)7-5-12/h2-10H,1H3,(H,19,22)/b15-10+. The van der Waals surface area contributed by atoms with Gasteiger partial charge in [-0.05, 0) is 55.0 Å². The number of halogens is 1. The molecule has 1 aliphatic rings. The van der Waals surface area contributed by atoms with E-state index in [1.165, 1.54) is 4.90 Å². The highest BCUT2D eigenvalue weighted by atomic mass is 35.5. The Morgan fingerprint density at radius 1 is 1.09 bits per heavy atom. The van der Waals surface area contributed by atoms with Crippen LogP contribution in [0.25, 0.3) is 6.08 Å². The first-order valence-electron chi connectivity index (χ1n) is 6.74. The van der Waals surface area contributed by atoms with Crippen molar-refractivity contribution in [2.75, 3.05) is 4.90 Å². The summed E-state index contributed by atoms with van der Waals surface area (Å²) in [4.78, 5) is 14.1. The smallest absolute Gasteiger partial charge is 0.281 e. The van der Waals surface area contributed by atoms with Crippen molar-refractivity contribution in [2.24, 2.45) is 0 Å². The van der Waals surface area contributed by atoms with Crippen molar-refractivity contribution < 1.29 is 4.79 Å². The summed E-state index contributed by atoms with van der Waals surface area (Å²) in [6.07, 6.45) is 1.76. The maximum absolute atomic E-state index is 12.6. The zero-order valence-corrected chi connectivity index (χ0v) is 13.4.